The molecule has 2 aromatic rings. The molecule has 32 heavy (non-hydrogen) atoms. The van der Waals surface area contributed by atoms with Crippen LogP contribution < -0.4 is 5.32 Å². The maximum Gasteiger partial charge on any atom is 0.243 e. The Balaban J connectivity index is 1.34. The summed E-state index contributed by atoms with van der Waals surface area (Å²) in [6.07, 6.45) is 2.55. The van der Waals surface area contributed by atoms with E-state index in [-0.39, 0.29) is 23.9 Å². The van der Waals surface area contributed by atoms with E-state index >= 15 is 0 Å². The lowest BCUT2D eigenvalue weighted by molar-refractivity contribution is -0.152. The Kier molecular flexibility index (Phi) is 6.70. The van der Waals surface area contributed by atoms with Gasteiger partial charge in [0.1, 0.15) is 6.04 Å². The molecule has 2 saturated heterocycles. The average Bonchev–Trinajstić information content (AvgIpc) is 2.78. The molecule has 6 heteroatoms. The zero-order chi connectivity index (χ0) is 22.7. The number of hydrogen-bond donors (Lipinski definition) is 2. The molecule has 2 amide bonds. The first kappa shape index (κ1) is 22.2. The molecule has 0 radical (unpaired) electrons. The molecule has 0 bridgehead atoms. The van der Waals surface area contributed by atoms with E-state index in [2.05, 4.69) is 34.5 Å². The van der Waals surface area contributed by atoms with Gasteiger partial charge >= 0.3 is 0 Å². The minimum atomic E-state index is -0.379. The Morgan fingerprint density at radius 3 is 2.34 bits per heavy atom. The van der Waals surface area contributed by atoms with Crippen molar-refractivity contribution in [3.05, 3.63) is 71.3 Å². The minimum absolute atomic E-state index is 0.0744. The maximum atomic E-state index is 13.3. The summed E-state index contributed by atoms with van der Waals surface area (Å²) in [5, 5.41) is 10.7. The highest BCUT2D eigenvalue weighted by atomic mass is 16.2. The quantitative estimate of drug-likeness (QED) is 0.689. The lowest BCUT2D eigenvalue weighted by Gasteiger charge is -2.45. The fourth-order valence-corrected chi connectivity index (χ4v) is 4.69. The van der Waals surface area contributed by atoms with Crippen molar-refractivity contribution in [1.29, 1.82) is 5.41 Å². The minimum Gasteiger partial charge on any atom is -0.350 e. The summed E-state index contributed by atoms with van der Waals surface area (Å²) >= 11 is 0. The second-order valence-corrected chi connectivity index (χ2v) is 9.00. The van der Waals surface area contributed by atoms with Gasteiger partial charge in [0.2, 0.25) is 11.8 Å². The third-order valence-corrected chi connectivity index (χ3v) is 6.89. The van der Waals surface area contributed by atoms with E-state index in [9.17, 15) is 9.59 Å². The number of rotatable bonds is 6. The molecule has 4 rings (SSSR count). The number of likely N-dealkylation sites (N-methyl/N-ethyl adjacent to an activating group) is 1. The van der Waals surface area contributed by atoms with Crippen molar-refractivity contribution in [2.24, 2.45) is 0 Å². The van der Waals surface area contributed by atoms with E-state index in [0.717, 1.165) is 30.5 Å². The Morgan fingerprint density at radius 1 is 1.00 bits per heavy atom. The summed E-state index contributed by atoms with van der Waals surface area (Å²) in [6, 6.07) is 17.5. The Hall–Kier alpha value is -2.99. The van der Waals surface area contributed by atoms with Gasteiger partial charge in [0.25, 0.3) is 0 Å². The normalized spacial score (nSPS) is 23.3. The third kappa shape index (κ3) is 4.75. The number of carbonyl (C=O) groups excluding carboxylic acids is 2. The summed E-state index contributed by atoms with van der Waals surface area (Å²) in [5.41, 5.74) is 3.67. The van der Waals surface area contributed by atoms with Gasteiger partial charge in [-0.2, -0.15) is 0 Å². The number of amides is 2. The number of nitrogens with zero attached hydrogens (tertiary/aromatic N) is 2. The Bertz CT molecular complexity index is 973. The van der Waals surface area contributed by atoms with E-state index in [0.29, 0.717) is 31.1 Å². The largest absolute Gasteiger partial charge is 0.350 e. The zero-order valence-electron chi connectivity index (χ0n) is 18.9. The van der Waals surface area contributed by atoms with Gasteiger partial charge in [0.05, 0.1) is 6.04 Å². The van der Waals surface area contributed by atoms with Crippen molar-refractivity contribution in [1.82, 2.24) is 15.1 Å². The molecular weight excluding hydrogens is 400 g/mol. The smallest absolute Gasteiger partial charge is 0.243 e. The first-order valence-electron chi connectivity index (χ1n) is 11.4. The molecule has 2 N–H and O–H groups in total. The van der Waals surface area contributed by atoms with Crippen LogP contribution in [0.1, 0.15) is 48.8 Å². The molecular formula is C26H32N4O2. The van der Waals surface area contributed by atoms with Crippen LogP contribution in [0.5, 0.6) is 0 Å². The molecule has 2 fully saturated rings. The van der Waals surface area contributed by atoms with Crippen LogP contribution in [0.3, 0.4) is 0 Å². The summed E-state index contributed by atoms with van der Waals surface area (Å²) in [4.78, 5) is 30.0. The van der Waals surface area contributed by atoms with Gasteiger partial charge in [0.15, 0.2) is 0 Å². The second-order valence-electron chi connectivity index (χ2n) is 9.00. The van der Waals surface area contributed by atoms with Crippen molar-refractivity contribution in [2.75, 3.05) is 20.1 Å². The number of likely N-dealkylation sites (tertiary alicyclic amines) is 2. The highest BCUT2D eigenvalue weighted by molar-refractivity contribution is 5.96. The van der Waals surface area contributed by atoms with Crippen molar-refractivity contribution in [3.8, 4) is 0 Å². The van der Waals surface area contributed by atoms with Crippen LogP contribution >= 0.6 is 0 Å². The molecule has 2 heterocycles. The summed E-state index contributed by atoms with van der Waals surface area (Å²) < 4.78 is 0. The van der Waals surface area contributed by atoms with Crippen LogP contribution in [-0.4, -0.2) is 59.5 Å². The molecule has 0 aromatic heterocycles. The molecule has 2 aliphatic rings. The van der Waals surface area contributed by atoms with Crippen LogP contribution in [0.25, 0.3) is 0 Å². The van der Waals surface area contributed by atoms with Crippen molar-refractivity contribution in [3.63, 3.8) is 0 Å². The van der Waals surface area contributed by atoms with Crippen molar-refractivity contribution >= 4 is 17.5 Å². The fraction of sp³-hybridized carbons (Fsp3) is 0.423. The lowest BCUT2D eigenvalue weighted by atomic mass is 9.84. The molecule has 6 nitrogen and oxygen atoms in total. The number of piperidine rings is 1. The van der Waals surface area contributed by atoms with Crippen LogP contribution in [0.15, 0.2) is 54.6 Å². The highest BCUT2D eigenvalue weighted by Gasteiger charge is 2.42. The third-order valence-electron chi connectivity index (χ3n) is 6.89. The van der Waals surface area contributed by atoms with Crippen LogP contribution in [0, 0.1) is 5.41 Å². The topological polar surface area (TPSA) is 76.5 Å². The Morgan fingerprint density at radius 2 is 1.72 bits per heavy atom. The molecule has 0 aliphatic carbocycles. The van der Waals surface area contributed by atoms with Crippen molar-refractivity contribution in [2.45, 2.75) is 50.7 Å². The molecule has 2 aliphatic heterocycles. The number of nitrogens with one attached hydrogen (secondary N) is 2. The highest BCUT2D eigenvalue weighted by Crippen LogP contribution is 2.33. The van der Waals surface area contributed by atoms with Gasteiger partial charge in [-0.15, -0.1) is 0 Å². The van der Waals surface area contributed by atoms with E-state index in [1.165, 1.54) is 5.56 Å². The van der Waals surface area contributed by atoms with Crippen molar-refractivity contribution < 1.29 is 9.59 Å². The molecule has 0 unspecified atom stereocenters. The van der Waals surface area contributed by atoms with Crippen LogP contribution in [0.4, 0.5) is 0 Å². The standard InChI is InChI=1S/C26H32N4O2/c1-18(27)20-10-8-19(9-11-20)17-28-25(31)23-13-15-30(23)26(32)24-16-22(12-14-29(24)2)21-6-4-3-5-7-21/h3-11,22-24,27H,12-17H2,1-2H3,(H,28,31)/t22-,23-,24+/m0/s1. The molecule has 168 valence electrons. The molecule has 3 atom stereocenters. The number of benzene rings is 2. The van der Waals surface area contributed by atoms with E-state index < -0.39 is 0 Å². The van der Waals surface area contributed by atoms with E-state index in [1.54, 1.807) is 11.8 Å². The second kappa shape index (κ2) is 9.65. The SMILES string of the molecule is CC(=N)c1ccc(CNC(=O)[C@@H]2CCN2C(=O)[C@H]2C[C@@H](c3ccccc3)CCN2C)cc1. The van der Waals surface area contributed by atoms with Gasteiger partial charge in [-0.25, -0.2) is 0 Å². The number of carbonyl (C=O) groups is 2. The summed E-state index contributed by atoms with van der Waals surface area (Å²) in [6.45, 7) is 3.70. The summed E-state index contributed by atoms with van der Waals surface area (Å²) in [7, 11) is 2.01. The maximum absolute atomic E-state index is 13.3. The van der Waals surface area contributed by atoms with Crippen LogP contribution in [0.2, 0.25) is 0 Å². The summed E-state index contributed by atoms with van der Waals surface area (Å²) in [5.74, 6) is 0.364. The first-order chi connectivity index (χ1) is 15.4. The van der Waals surface area contributed by atoms with E-state index in [1.807, 2.05) is 37.4 Å². The first-order valence-corrected chi connectivity index (χ1v) is 11.4. The lowest BCUT2D eigenvalue weighted by Crippen LogP contribution is -2.62. The fourth-order valence-electron chi connectivity index (χ4n) is 4.69. The zero-order valence-corrected chi connectivity index (χ0v) is 18.9. The monoisotopic (exact) mass is 432 g/mol. The predicted octanol–water partition coefficient (Wildman–Crippen LogP) is 3.17. The van der Waals surface area contributed by atoms with E-state index in [4.69, 9.17) is 5.41 Å². The van der Waals surface area contributed by atoms with Gasteiger partial charge in [-0.3, -0.25) is 14.5 Å². The number of hydrogen-bond acceptors (Lipinski definition) is 4. The van der Waals surface area contributed by atoms with Gasteiger partial charge in [-0.1, -0.05) is 54.6 Å². The van der Waals surface area contributed by atoms with Crippen LogP contribution in [-0.2, 0) is 16.1 Å². The van der Waals surface area contributed by atoms with Gasteiger partial charge < -0.3 is 15.6 Å². The molecule has 0 saturated carbocycles. The molecule has 2 aromatic carbocycles. The predicted molar refractivity (Wildman–Crippen MR) is 126 cm³/mol. The van der Waals surface area contributed by atoms with Gasteiger partial charge in [0, 0.05) is 18.8 Å². The molecule has 0 spiro atoms. The average molecular weight is 433 g/mol. The van der Waals surface area contributed by atoms with Gasteiger partial charge in [-0.05, 0) is 62.4 Å². The Labute approximate surface area is 190 Å².